The molecular weight excluding hydrogens is 268 g/mol. The number of benzene rings is 1. The van der Waals surface area contributed by atoms with Crippen molar-refractivity contribution < 1.29 is 14.3 Å². The van der Waals surface area contributed by atoms with Gasteiger partial charge in [0.2, 0.25) is 0 Å². The van der Waals surface area contributed by atoms with Gasteiger partial charge in [0.05, 0.1) is 10.9 Å². The Morgan fingerprint density at radius 3 is 2.62 bits per heavy atom. The Morgan fingerprint density at radius 2 is 1.95 bits per heavy atom. The van der Waals surface area contributed by atoms with E-state index >= 15 is 0 Å². The zero-order chi connectivity index (χ0) is 15.4. The molecular formula is C17H18O4. The summed E-state index contributed by atoms with van der Waals surface area (Å²) in [6.45, 7) is 7.74. The first-order chi connectivity index (χ1) is 9.78. The van der Waals surface area contributed by atoms with Gasteiger partial charge in [0.1, 0.15) is 17.1 Å². The number of fused-ring (bicyclic) bond motifs is 3. The van der Waals surface area contributed by atoms with Crippen LogP contribution in [-0.2, 0) is 0 Å². The summed E-state index contributed by atoms with van der Waals surface area (Å²) in [7, 11) is 0. The second-order valence-electron chi connectivity index (χ2n) is 6.22. The summed E-state index contributed by atoms with van der Waals surface area (Å²) in [5.41, 5.74) is 0.261. The van der Waals surface area contributed by atoms with Gasteiger partial charge >= 0.3 is 0 Å². The zero-order valence-electron chi connectivity index (χ0n) is 12.6. The lowest BCUT2D eigenvalue weighted by Gasteiger charge is -2.28. The molecule has 0 fully saturated rings. The molecule has 0 radical (unpaired) electrons. The van der Waals surface area contributed by atoms with Gasteiger partial charge in [0, 0.05) is 12.0 Å². The minimum absolute atomic E-state index is 0.0221. The van der Waals surface area contributed by atoms with Gasteiger partial charge in [0.15, 0.2) is 16.8 Å². The van der Waals surface area contributed by atoms with E-state index in [0.29, 0.717) is 28.0 Å². The van der Waals surface area contributed by atoms with Gasteiger partial charge in [-0.15, -0.1) is 0 Å². The zero-order valence-corrected chi connectivity index (χ0v) is 12.6. The molecule has 4 heteroatoms. The van der Waals surface area contributed by atoms with E-state index in [1.807, 2.05) is 33.8 Å². The van der Waals surface area contributed by atoms with E-state index in [-0.39, 0.29) is 17.1 Å². The number of ether oxygens (including phenoxy) is 1. The Bertz CT molecular complexity index is 810. The summed E-state index contributed by atoms with van der Waals surface area (Å²) in [4.78, 5) is 12.3. The Balaban J connectivity index is 2.41. The fraction of sp³-hybridized carbons (Fsp3) is 0.353. The molecule has 1 aromatic heterocycles. The van der Waals surface area contributed by atoms with Crippen molar-refractivity contribution in [1.29, 1.82) is 0 Å². The Labute approximate surface area is 122 Å². The monoisotopic (exact) mass is 286 g/mol. The van der Waals surface area contributed by atoms with Gasteiger partial charge in [-0.1, -0.05) is 13.8 Å². The lowest BCUT2D eigenvalue weighted by atomic mass is 9.99. The highest BCUT2D eigenvalue weighted by atomic mass is 16.5. The van der Waals surface area contributed by atoms with Crippen LogP contribution in [0.5, 0.6) is 11.5 Å². The molecule has 1 N–H and O–H groups in total. The maximum atomic E-state index is 12.3. The van der Waals surface area contributed by atoms with E-state index in [2.05, 4.69) is 0 Å². The van der Waals surface area contributed by atoms with Crippen molar-refractivity contribution in [3.05, 3.63) is 39.8 Å². The quantitative estimate of drug-likeness (QED) is 0.866. The van der Waals surface area contributed by atoms with E-state index < -0.39 is 5.60 Å². The molecule has 0 unspecified atom stereocenters. The van der Waals surface area contributed by atoms with Crippen molar-refractivity contribution in [2.24, 2.45) is 0 Å². The molecule has 0 saturated heterocycles. The van der Waals surface area contributed by atoms with Crippen LogP contribution in [0.2, 0.25) is 0 Å². The molecule has 1 aliphatic rings. The Kier molecular flexibility index (Phi) is 2.87. The number of phenols is 1. The molecule has 2 aromatic rings. The molecule has 4 nitrogen and oxygen atoms in total. The lowest BCUT2D eigenvalue weighted by molar-refractivity contribution is 0.158. The van der Waals surface area contributed by atoms with E-state index in [9.17, 15) is 9.90 Å². The highest BCUT2D eigenvalue weighted by Gasteiger charge is 2.27. The molecule has 0 spiro atoms. The van der Waals surface area contributed by atoms with E-state index in [1.165, 1.54) is 12.1 Å². The van der Waals surface area contributed by atoms with Crippen molar-refractivity contribution in [2.45, 2.75) is 39.2 Å². The molecule has 3 rings (SSSR count). The van der Waals surface area contributed by atoms with Crippen molar-refractivity contribution in [2.75, 3.05) is 0 Å². The molecule has 1 aromatic carbocycles. The second kappa shape index (κ2) is 4.38. The highest BCUT2D eigenvalue weighted by molar-refractivity contribution is 5.90. The van der Waals surface area contributed by atoms with Crippen LogP contribution in [0.25, 0.3) is 17.0 Å². The summed E-state index contributed by atoms with van der Waals surface area (Å²) in [5.74, 6) is 1.15. The van der Waals surface area contributed by atoms with E-state index in [1.54, 1.807) is 6.08 Å². The third kappa shape index (κ3) is 2.20. The largest absolute Gasteiger partial charge is 0.507 e. The molecule has 2 heterocycles. The van der Waals surface area contributed by atoms with Gasteiger partial charge in [-0.2, -0.15) is 0 Å². The minimum atomic E-state index is -0.514. The summed E-state index contributed by atoms with van der Waals surface area (Å²) in [5, 5.41) is 10.5. The maximum absolute atomic E-state index is 12.3. The van der Waals surface area contributed by atoms with Gasteiger partial charge in [-0.05, 0) is 32.1 Å². The standard InChI is InChI=1S/C17H18O4/c1-9(2)14-8-13(19)11-7-12(18)10-5-6-17(3,4)21-16(10)15(11)20-14/h5-9,18H,1-4H3. The molecule has 21 heavy (non-hydrogen) atoms. The van der Waals surface area contributed by atoms with Crippen molar-refractivity contribution >= 4 is 17.0 Å². The first-order valence-corrected chi connectivity index (χ1v) is 7.00. The van der Waals surface area contributed by atoms with Crippen LogP contribution < -0.4 is 10.2 Å². The summed E-state index contributed by atoms with van der Waals surface area (Å²) in [6.07, 6.45) is 3.67. The average molecular weight is 286 g/mol. The number of rotatable bonds is 1. The number of aromatic hydroxyl groups is 1. The number of hydrogen-bond donors (Lipinski definition) is 1. The first kappa shape index (κ1) is 13.7. The summed E-state index contributed by atoms with van der Waals surface area (Å²) < 4.78 is 11.8. The normalized spacial score (nSPS) is 16.0. The van der Waals surface area contributed by atoms with Crippen LogP contribution in [0.15, 0.2) is 27.4 Å². The molecule has 0 bridgehead atoms. The average Bonchev–Trinajstić information content (AvgIpc) is 2.38. The van der Waals surface area contributed by atoms with Gasteiger partial charge in [-0.3, -0.25) is 4.79 Å². The second-order valence-corrected chi connectivity index (χ2v) is 6.22. The predicted molar refractivity (Wildman–Crippen MR) is 82.0 cm³/mol. The third-order valence-electron chi connectivity index (χ3n) is 3.60. The third-order valence-corrected chi connectivity index (χ3v) is 3.60. The van der Waals surface area contributed by atoms with Crippen LogP contribution in [0, 0.1) is 0 Å². The minimum Gasteiger partial charge on any atom is -0.507 e. The SMILES string of the molecule is CC(C)c1cc(=O)c2cc(O)c3c(c2o1)OC(C)(C)C=C3. The molecule has 1 aliphatic heterocycles. The van der Waals surface area contributed by atoms with Crippen LogP contribution in [0.1, 0.15) is 44.9 Å². The Hall–Kier alpha value is -2.23. The van der Waals surface area contributed by atoms with Crippen LogP contribution >= 0.6 is 0 Å². The topological polar surface area (TPSA) is 59.7 Å². The van der Waals surface area contributed by atoms with Crippen LogP contribution in [0.3, 0.4) is 0 Å². The molecule has 110 valence electrons. The van der Waals surface area contributed by atoms with Gasteiger partial charge < -0.3 is 14.3 Å². The predicted octanol–water partition coefficient (Wildman–Crippen LogP) is 3.81. The van der Waals surface area contributed by atoms with Crippen molar-refractivity contribution in [1.82, 2.24) is 0 Å². The fourth-order valence-electron chi connectivity index (χ4n) is 2.41. The van der Waals surface area contributed by atoms with Gasteiger partial charge in [0.25, 0.3) is 0 Å². The van der Waals surface area contributed by atoms with Crippen molar-refractivity contribution in [3.8, 4) is 11.5 Å². The molecule has 0 atom stereocenters. The van der Waals surface area contributed by atoms with Crippen LogP contribution in [0.4, 0.5) is 0 Å². The summed E-state index contributed by atoms with van der Waals surface area (Å²) in [6, 6.07) is 2.92. The van der Waals surface area contributed by atoms with Gasteiger partial charge in [-0.25, -0.2) is 0 Å². The first-order valence-electron chi connectivity index (χ1n) is 7.00. The number of phenolic OH excluding ortho intramolecular Hbond substituents is 1. The Morgan fingerprint density at radius 1 is 1.24 bits per heavy atom. The maximum Gasteiger partial charge on any atom is 0.193 e. The fourth-order valence-corrected chi connectivity index (χ4v) is 2.41. The molecule has 0 amide bonds. The number of hydrogen-bond acceptors (Lipinski definition) is 4. The highest BCUT2D eigenvalue weighted by Crippen LogP contribution is 2.42. The molecule has 0 saturated carbocycles. The van der Waals surface area contributed by atoms with Crippen LogP contribution in [-0.4, -0.2) is 10.7 Å². The summed E-state index contributed by atoms with van der Waals surface area (Å²) >= 11 is 0. The van der Waals surface area contributed by atoms with Crippen molar-refractivity contribution in [3.63, 3.8) is 0 Å². The molecule has 0 aliphatic carbocycles. The smallest absolute Gasteiger partial charge is 0.193 e. The lowest BCUT2D eigenvalue weighted by Crippen LogP contribution is -2.27. The van der Waals surface area contributed by atoms with E-state index in [0.717, 1.165) is 0 Å². The van der Waals surface area contributed by atoms with E-state index in [4.69, 9.17) is 9.15 Å².